The first kappa shape index (κ1) is 27.8. The number of thiophene rings is 2. The zero-order chi connectivity index (χ0) is 28.0. The Morgan fingerprint density at radius 2 is 1.20 bits per heavy atom. The number of rotatable bonds is 12. The van der Waals surface area contributed by atoms with E-state index in [1.807, 2.05) is 0 Å². The van der Waals surface area contributed by atoms with Gasteiger partial charge in [-0.15, -0.1) is 22.7 Å². The van der Waals surface area contributed by atoms with Crippen LogP contribution in [0.3, 0.4) is 0 Å². The van der Waals surface area contributed by atoms with Gasteiger partial charge in [0.15, 0.2) is 0 Å². The quantitative estimate of drug-likeness (QED) is 0.143. The molecule has 3 heterocycles. The second-order valence-electron chi connectivity index (χ2n) is 10.1. The van der Waals surface area contributed by atoms with Crippen LogP contribution in [0, 0.1) is 0 Å². The molecule has 0 aliphatic rings. The first-order chi connectivity index (χ1) is 20.2. The number of aromatic nitrogens is 2. The zero-order valence-corrected chi connectivity index (χ0v) is 25.5. The van der Waals surface area contributed by atoms with Gasteiger partial charge in [0.1, 0.15) is 16.8 Å². The Morgan fingerprint density at radius 1 is 0.634 bits per heavy atom. The lowest BCUT2D eigenvalue weighted by Crippen LogP contribution is -1.95. The predicted octanol–water partition coefficient (Wildman–Crippen LogP) is 9.98. The summed E-state index contributed by atoms with van der Waals surface area (Å²) in [5.41, 5.74) is 7.91. The summed E-state index contributed by atoms with van der Waals surface area (Å²) < 4.78 is 15.3. The average Bonchev–Trinajstić information content (AvgIpc) is 3.79. The minimum absolute atomic E-state index is 0.261. The molecule has 0 spiro atoms. The molecular weight excluding hydrogens is 565 g/mol. The summed E-state index contributed by atoms with van der Waals surface area (Å²) in [6, 6.07) is 30.4. The number of hydrogen-bond acceptors (Lipinski definition) is 7. The number of unbranched alkanes of at least 4 members (excludes halogenated alkanes) is 2. The Bertz CT molecular complexity index is 1590. The Hall–Kier alpha value is -3.36. The minimum Gasteiger partial charge on any atom is -0.494 e. The first-order valence-corrected chi connectivity index (χ1v) is 16.5. The molecule has 7 heteroatoms. The van der Waals surface area contributed by atoms with Gasteiger partial charge in [-0.1, -0.05) is 49.7 Å². The van der Waals surface area contributed by atoms with E-state index in [1.165, 1.54) is 47.9 Å². The van der Waals surface area contributed by atoms with Crippen LogP contribution in [0.25, 0.3) is 52.8 Å². The molecule has 3 aromatic carbocycles. The highest BCUT2D eigenvalue weighted by molar-refractivity contribution is 7.19. The fourth-order valence-electron chi connectivity index (χ4n) is 4.87. The van der Waals surface area contributed by atoms with Gasteiger partial charge in [-0.05, 0) is 90.9 Å². The molecule has 0 atom stereocenters. The van der Waals surface area contributed by atoms with Gasteiger partial charge in [0.2, 0.25) is 0 Å². The largest absolute Gasteiger partial charge is 0.494 e. The fraction of sp³-hybridized carbons (Fsp3) is 0.235. The fourth-order valence-corrected chi connectivity index (χ4v) is 7.52. The Morgan fingerprint density at radius 3 is 1.76 bits per heavy atom. The van der Waals surface area contributed by atoms with Crippen LogP contribution in [-0.2, 0) is 6.42 Å². The number of fused-ring (bicyclic) bond motifs is 1. The number of hydrogen-bond donors (Lipinski definition) is 1. The maximum Gasteiger partial charge on any atom is 0.119 e. The molecule has 208 valence electrons. The van der Waals surface area contributed by atoms with Crippen LogP contribution >= 0.6 is 34.4 Å². The van der Waals surface area contributed by atoms with Crippen LogP contribution in [0.5, 0.6) is 5.75 Å². The summed E-state index contributed by atoms with van der Waals surface area (Å²) in [4.78, 5) is 4.86. The van der Waals surface area contributed by atoms with Gasteiger partial charge in [-0.3, -0.25) is 0 Å². The third-order valence-corrected chi connectivity index (χ3v) is 10.0. The van der Waals surface area contributed by atoms with E-state index < -0.39 is 0 Å². The normalized spacial score (nSPS) is 11.4. The Balaban J connectivity index is 1.22. The van der Waals surface area contributed by atoms with Crippen LogP contribution < -0.4 is 4.74 Å². The average molecular weight is 597 g/mol. The molecule has 1 N–H and O–H groups in total. The van der Waals surface area contributed by atoms with Gasteiger partial charge in [-0.2, -0.15) is 8.75 Å². The van der Waals surface area contributed by atoms with E-state index in [2.05, 4.69) is 91.9 Å². The van der Waals surface area contributed by atoms with Crippen molar-refractivity contribution in [3.63, 3.8) is 0 Å². The minimum atomic E-state index is 0.261. The summed E-state index contributed by atoms with van der Waals surface area (Å²) in [6.45, 7) is 3.20. The second kappa shape index (κ2) is 13.1. The molecule has 41 heavy (non-hydrogen) atoms. The highest BCUT2D eigenvalue weighted by Gasteiger charge is 2.17. The SMILES string of the molecule is CCCCOc1ccc(-c2ccc(-c3ccc(-c4ccc(-c5ccc(CCCCO)cc5)s4)c4nsnc34)s2)cc1. The van der Waals surface area contributed by atoms with Crippen molar-refractivity contribution < 1.29 is 9.84 Å². The van der Waals surface area contributed by atoms with E-state index in [4.69, 9.17) is 18.6 Å². The van der Waals surface area contributed by atoms with Crippen LogP contribution in [0.2, 0.25) is 0 Å². The lowest BCUT2D eigenvalue weighted by atomic mass is 10.0. The number of aliphatic hydroxyl groups excluding tert-OH is 1. The highest BCUT2D eigenvalue weighted by atomic mass is 32.1. The van der Waals surface area contributed by atoms with E-state index in [1.54, 1.807) is 22.7 Å². The summed E-state index contributed by atoms with van der Waals surface area (Å²) in [5.74, 6) is 0.924. The van der Waals surface area contributed by atoms with E-state index in [9.17, 15) is 0 Å². The molecule has 0 saturated carbocycles. The Kier molecular flexibility index (Phi) is 8.87. The van der Waals surface area contributed by atoms with Crippen molar-refractivity contribution in [3.05, 3.63) is 90.5 Å². The third kappa shape index (κ3) is 6.28. The molecule has 6 rings (SSSR count). The number of ether oxygens (including phenoxy) is 1. The number of nitrogens with zero attached hydrogens (tertiary/aromatic N) is 2. The van der Waals surface area contributed by atoms with Crippen molar-refractivity contribution in [3.8, 4) is 47.5 Å². The number of benzene rings is 3. The summed E-state index contributed by atoms with van der Waals surface area (Å²) in [6.07, 6.45) is 5.08. The van der Waals surface area contributed by atoms with Crippen LogP contribution in [-0.4, -0.2) is 27.1 Å². The van der Waals surface area contributed by atoms with E-state index in [0.717, 1.165) is 66.6 Å². The smallest absolute Gasteiger partial charge is 0.119 e. The van der Waals surface area contributed by atoms with Crippen molar-refractivity contribution in [1.29, 1.82) is 0 Å². The molecule has 0 unspecified atom stereocenters. The monoisotopic (exact) mass is 596 g/mol. The van der Waals surface area contributed by atoms with Gasteiger partial charge in [0, 0.05) is 37.2 Å². The van der Waals surface area contributed by atoms with Gasteiger partial charge >= 0.3 is 0 Å². The van der Waals surface area contributed by atoms with Crippen molar-refractivity contribution in [2.45, 2.75) is 39.0 Å². The predicted molar refractivity (Wildman–Crippen MR) is 175 cm³/mol. The maximum atomic E-state index is 9.03. The van der Waals surface area contributed by atoms with Crippen LogP contribution in [0.1, 0.15) is 38.2 Å². The summed E-state index contributed by atoms with van der Waals surface area (Å²) >= 11 is 4.85. The second-order valence-corrected chi connectivity index (χ2v) is 12.7. The molecule has 3 aromatic heterocycles. The van der Waals surface area contributed by atoms with Crippen molar-refractivity contribution >= 4 is 45.4 Å². The number of aliphatic hydroxyl groups is 1. The molecule has 0 amide bonds. The summed E-state index contributed by atoms with van der Waals surface area (Å²) in [7, 11) is 0. The molecule has 4 nitrogen and oxygen atoms in total. The third-order valence-electron chi connectivity index (χ3n) is 7.18. The molecular formula is C34H32N2O2S3. The van der Waals surface area contributed by atoms with Crippen molar-refractivity contribution in [2.75, 3.05) is 13.2 Å². The Labute approximate surface area is 253 Å². The van der Waals surface area contributed by atoms with Gasteiger partial charge in [0.25, 0.3) is 0 Å². The van der Waals surface area contributed by atoms with Crippen molar-refractivity contribution in [1.82, 2.24) is 8.75 Å². The van der Waals surface area contributed by atoms with Crippen LogP contribution in [0.15, 0.2) is 84.9 Å². The molecule has 0 fully saturated rings. The van der Waals surface area contributed by atoms with Crippen molar-refractivity contribution in [2.24, 2.45) is 0 Å². The first-order valence-electron chi connectivity index (χ1n) is 14.1. The molecule has 0 bridgehead atoms. The molecule has 0 saturated heterocycles. The molecule has 0 aliphatic heterocycles. The van der Waals surface area contributed by atoms with Gasteiger partial charge in [0.05, 0.1) is 18.3 Å². The van der Waals surface area contributed by atoms with Crippen LogP contribution in [0.4, 0.5) is 0 Å². The standard InChI is InChI=1S/C34H32N2O2S3/c1-2-3-22-38-26-13-11-25(12-14-26)30-18-20-32(40-30)28-16-15-27(33-34(28)36-41-35-33)31-19-17-29(39-31)24-9-7-23(8-10-24)6-4-5-21-37/h7-20,37H,2-6,21-22H2,1H3. The lowest BCUT2D eigenvalue weighted by Gasteiger charge is -2.06. The summed E-state index contributed by atoms with van der Waals surface area (Å²) in [5, 5.41) is 9.03. The van der Waals surface area contributed by atoms with E-state index in [-0.39, 0.29) is 6.61 Å². The molecule has 6 aromatic rings. The van der Waals surface area contributed by atoms with Gasteiger partial charge in [-0.25, -0.2) is 0 Å². The lowest BCUT2D eigenvalue weighted by molar-refractivity contribution is 0.284. The van der Waals surface area contributed by atoms with Gasteiger partial charge < -0.3 is 9.84 Å². The van der Waals surface area contributed by atoms with E-state index in [0.29, 0.717) is 0 Å². The number of aryl methyl sites for hydroxylation is 1. The maximum absolute atomic E-state index is 9.03. The van der Waals surface area contributed by atoms with E-state index >= 15 is 0 Å². The molecule has 0 radical (unpaired) electrons. The topological polar surface area (TPSA) is 55.2 Å². The molecule has 0 aliphatic carbocycles. The highest BCUT2D eigenvalue weighted by Crippen LogP contribution is 2.42. The zero-order valence-electron chi connectivity index (χ0n) is 23.0.